The third kappa shape index (κ3) is 4.00. The van der Waals surface area contributed by atoms with E-state index in [1.165, 1.54) is 0 Å². The van der Waals surface area contributed by atoms with E-state index >= 15 is 0 Å². The molecule has 0 bridgehead atoms. The van der Waals surface area contributed by atoms with E-state index in [0.29, 0.717) is 6.61 Å². The Morgan fingerprint density at radius 1 is 1.08 bits per heavy atom. The second kappa shape index (κ2) is 7.80. The number of aromatic nitrogens is 3. The van der Waals surface area contributed by atoms with E-state index in [1.54, 1.807) is 30.2 Å². The largest absolute Gasteiger partial charge is 0.497 e. The third-order valence-electron chi connectivity index (χ3n) is 3.73. The van der Waals surface area contributed by atoms with Gasteiger partial charge in [0.2, 0.25) is 0 Å². The molecule has 0 saturated carbocycles. The number of aromatic amines is 1. The molecule has 0 amide bonds. The van der Waals surface area contributed by atoms with Gasteiger partial charge in [-0.05, 0) is 24.3 Å². The number of hydrogen-bond acceptors (Lipinski definition) is 6. The maximum Gasteiger partial charge on any atom is 0.166 e. The number of methoxy groups -OCH3 is 1. The molecule has 4 rings (SSSR count). The first-order valence-corrected chi connectivity index (χ1v) is 9.94. The van der Waals surface area contributed by atoms with Crippen molar-refractivity contribution >= 4 is 34.1 Å². The van der Waals surface area contributed by atoms with Crippen LogP contribution in [0, 0.1) is 0 Å². The van der Waals surface area contributed by atoms with Gasteiger partial charge in [0.15, 0.2) is 5.16 Å². The van der Waals surface area contributed by atoms with E-state index in [1.807, 2.05) is 48.5 Å². The highest BCUT2D eigenvalue weighted by Gasteiger charge is 2.08. The van der Waals surface area contributed by atoms with Gasteiger partial charge in [-0.15, -0.1) is 11.3 Å². The summed E-state index contributed by atoms with van der Waals surface area (Å²) in [5, 5.41) is 3.92. The van der Waals surface area contributed by atoms with Crippen molar-refractivity contribution in [2.24, 2.45) is 0 Å². The van der Waals surface area contributed by atoms with Crippen molar-refractivity contribution in [2.45, 2.75) is 17.5 Å². The Hall–Kier alpha value is -2.51. The highest BCUT2D eigenvalue weighted by molar-refractivity contribution is 7.98. The molecule has 26 heavy (non-hydrogen) atoms. The molecular formula is C19H17N3O2S2. The molecule has 0 unspecified atom stereocenters. The van der Waals surface area contributed by atoms with Gasteiger partial charge < -0.3 is 14.5 Å². The normalized spacial score (nSPS) is 11.0. The SMILES string of the molecule is COc1ccc2nc(SCc3csc(COc4ccccc4)n3)[nH]c2c1. The molecule has 0 aliphatic carbocycles. The number of para-hydroxylation sites is 1. The minimum absolute atomic E-state index is 0.490. The van der Waals surface area contributed by atoms with Crippen LogP contribution in [-0.4, -0.2) is 22.1 Å². The van der Waals surface area contributed by atoms with Gasteiger partial charge in [0.05, 0.1) is 23.8 Å². The molecule has 0 atom stereocenters. The Balaban J connectivity index is 1.35. The predicted molar refractivity (Wildman–Crippen MR) is 105 cm³/mol. The highest BCUT2D eigenvalue weighted by atomic mass is 32.2. The smallest absolute Gasteiger partial charge is 0.166 e. The molecule has 2 aromatic heterocycles. The molecule has 4 aromatic rings. The standard InChI is InChI=1S/C19H17N3O2S2/c1-23-15-7-8-16-17(9-15)22-19(21-16)26-12-13-11-25-18(20-13)10-24-14-5-3-2-4-6-14/h2-9,11H,10,12H2,1H3,(H,21,22). The summed E-state index contributed by atoms with van der Waals surface area (Å²) in [5.74, 6) is 2.44. The van der Waals surface area contributed by atoms with Gasteiger partial charge in [0.25, 0.3) is 0 Å². The highest BCUT2D eigenvalue weighted by Crippen LogP contribution is 2.26. The molecule has 1 N–H and O–H groups in total. The summed E-state index contributed by atoms with van der Waals surface area (Å²) < 4.78 is 11.0. The van der Waals surface area contributed by atoms with Crippen LogP contribution in [0.1, 0.15) is 10.7 Å². The monoisotopic (exact) mass is 383 g/mol. The van der Waals surface area contributed by atoms with Crippen molar-refractivity contribution in [3.8, 4) is 11.5 Å². The van der Waals surface area contributed by atoms with Crippen molar-refractivity contribution in [1.82, 2.24) is 15.0 Å². The molecule has 0 fully saturated rings. The number of fused-ring (bicyclic) bond motifs is 1. The fourth-order valence-electron chi connectivity index (χ4n) is 2.45. The number of nitrogens with zero attached hydrogens (tertiary/aromatic N) is 2. The van der Waals surface area contributed by atoms with E-state index in [2.05, 4.69) is 20.3 Å². The number of thioether (sulfide) groups is 1. The Morgan fingerprint density at radius 3 is 2.81 bits per heavy atom. The average Bonchev–Trinajstić information content (AvgIpc) is 3.31. The molecule has 2 aromatic carbocycles. The fourth-order valence-corrected chi connectivity index (χ4v) is 4.03. The lowest BCUT2D eigenvalue weighted by atomic mass is 10.3. The number of thiazole rings is 1. The van der Waals surface area contributed by atoms with E-state index in [-0.39, 0.29) is 0 Å². The summed E-state index contributed by atoms with van der Waals surface area (Å²) in [6, 6.07) is 15.6. The number of imidazole rings is 1. The lowest BCUT2D eigenvalue weighted by Crippen LogP contribution is -1.95. The molecule has 0 spiro atoms. The second-order valence-corrected chi connectivity index (χ2v) is 7.45. The lowest BCUT2D eigenvalue weighted by molar-refractivity contribution is 0.305. The molecule has 0 aliphatic rings. The molecule has 5 nitrogen and oxygen atoms in total. The van der Waals surface area contributed by atoms with Gasteiger partial charge >= 0.3 is 0 Å². The van der Waals surface area contributed by atoms with Crippen LogP contribution in [-0.2, 0) is 12.4 Å². The number of nitrogens with one attached hydrogen (secondary N) is 1. The number of hydrogen-bond donors (Lipinski definition) is 1. The molecule has 7 heteroatoms. The van der Waals surface area contributed by atoms with E-state index in [9.17, 15) is 0 Å². The molecule has 0 saturated heterocycles. The van der Waals surface area contributed by atoms with Gasteiger partial charge in [-0.25, -0.2) is 9.97 Å². The fraction of sp³-hybridized carbons (Fsp3) is 0.158. The van der Waals surface area contributed by atoms with Crippen LogP contribution in [0.15, 0.2) is 59.1 Å². The topological polar surface area (TPSA) is 60.0 Å². The Labute approximate surface area is 159 Å². The maximum absolute atomic E-state index is 5.74. The van der Waals surface area contributed by atoms with Gasteiger partial charge in [-0.3, -0.25) is 0 Å². The first-order valence-electron chi connectivity index (χ1n) is 8.08. The number of benzene rings is 2. The zero-order valence-electron chi connectivity index (χ0n) is 14.1. The minimum Gasteiger partial charge on any atom is -0.497 e. The summed E-state index contributed by atoms with van der Waals surface area (Å²) in [7, 11) is 1.66. The van der Waals surface area contributed by atoms with Crippen LogP contribution >= 0.6 is 23.1 Å². The van der Waals surface area contributed by atoms with Crippen molar-refractivity contribution in [3.05, 3.63) is 64.6 Å². The van der Waals surface area contributed by atoms with Crippen LogP contribution in [0.2, 0.25) is 0 Å². The number of ether oxygens (including phenoxy) is 2. The van der Waals surface area contributed by atoms with Crippen LogP contribution in [0.3, 0.4) is 0 Å². The summed E-state index contributed by atoms with van der Waals surface area (Å²) >= 11 is 3.25. The quantitative estimate of drug-likeness (QED) is 0.460. The molecule has 0 aliphatic heterocycles. The number of rotatable bonds is 7. The zero-order chi connectivity index (χ0) is 17.8. The van der Waals surface area contributed by atoms with E-state index < -0.39 is 0 Å². The molecular weight excluding hydrogens is 366 g/mol. The second-order valence-electron chi connectivity index (χ2n) is 5.55. The predicted octanol–water partition coefficient (Wildman–Crippen LogP) is 4.90. The van der Waals surface area contributed by atoms with E-state index in [0.717, 1.165) is 44.1 Å². The molecule has 132 valence electrons. The van der Waals surface area contributed by atoms with Gasteiger partial charge in [0, 0.05) is 17.2 Å². The van der Waals surface area contributed by atoms with Crippen molar-refractivity contribution < 1.29 is 9.47 Å². The number of H-pyrrole nitrogens is 1. The summed E-state index contributed by atoms with van der Waals surface area (Å²) in [5.41, 5.74) is 2.94. The maximum atomic E-state index is 5.74. The average molecular weight is 383 g/mol. The third-order valence-corrected chi connectivity index (χ3v) is 5.51. The lowest BCUT2D eigenvalue weighted by Gasteiger charge is -2.02. The van der Waals surface area contributed by atoms with Crippen LogP contribution < -0.4 is 9.47 Å². The van der Waals surface area contributed by atoms with Gasteiger partial charge in [0.1, 0.15) is 23.1 Å². The van der Waals surface area contributed by atoms with Crippen LogP contribution in [0.25, 0.3) is 11.0 Å². The Kier molecular flexibility index (Phi) is 5.08. The van der Waals surface area contributed by atoms with Crippen molar-refractivity contribution in [3.63, 3.8) is 0 Å². The van der Waals surface area contributed by atoms with Crippen LogP contribution in [0.4, 0.5) is 0 Å². The summed E-state index contributed by atoms with van der Waals surface area (Å²) in [4.78, 5) is 12.5. The summed E-state index contributed by atoms with van der Waals surface area (Å²) in [6.07, 6.45) is 0. The van der Waals surface area contributed by atoms with Crippen molar-refractivity contribution in [1.29, 1.82) is 0 Å². The summed E-state index contributed by atoms with van der Waals surface area (Å²) in [6.45, 7) is 0.490. The van der Waals surface area contributed by atoms with Crippen LogP contribution in [0.5, 0.6) is 11.5 Å². The first-order chi connectivity index (χ1) is 12.8. The van der Waals surface area contributed by atoms with Gasteiger partial charge in [-0.1, -0.05) is 30.0 Å². The Bertz CT molecular complexity index is 998. The molecule has 0 radical (unpaired) electrons. The first kappa shape index (κ1) is 16.9. The Morgan fingerprint density at radius 2 is 1.96 bits per heavy atom. The van der Waals surface area contributed by atoms with E-state index in [4.69, 9.17) is 9.47 Å². The minimum atomic E-state index is 0.490. The van der Waals surface area contributed by atoms with Crippen molar-refractivity contribution in [2.75, 3.05) is 7.11 Å². The zero-order valence-corrected chi connectivity index (χ0v) is 15.8. The van der Waals surface area contributed by atoms with Gasteiger partial charge in [-0.2, -0.15) is 0 Å². The molecule has 2 heterocycles.